The molecule has 2 aromatic carbocycles. The van der Waals surface area contributed by atoms with Crippen molar-refractivity contribution in [1.82, 2.24) is 24.3 Å². The molecule has 9 nitrogen and oxygen atoms in total. The summed E-state index contributed by atoms with van der Waals surface area (Å²) in [7, 11) is 3.09. The van der Waals surface area contributed by atoms with E-state index in [9.17, 15) is 13.6 Å². The number of rotatable bonds is 8. The second kappa shape index (κ2) is 8.74. The van der Waals surface area contributed by atoms with Crippen molar-refractivity contribution in [2.24, 2.45) is 0 Å². The lowest BCUT2D eigenvalue weighted by Crippen LogP contribution is -2.30. The zero-order valence-corrected chi connectivity index (χ0v) is 19.7. The number of nitrogens with two attached hydrogens (primary N) is 1. The van der Waals surface area contributed by atoms with Gasteiger partial charge in [-0.3, -0.25) is 9.36 Å². The fraction of sp³-hybridized carbons (Fsp3) is 0.280. The summed E-state index contributed by atoms with van der Waals surface area (Å²) in [4.78, 5) is 21.5. The lowest BCUT2D eigenvalue weighted by molar-refractivity contribution is 0.0824. The van der Waals surface area contributed by atoms with Crippen LogP contribution in [0.2, 0.25) is 0 Å². The predicted octanol–water partition coefficient (Wildman–Crippen LogP) is 2.99. The smallest absolute Gasteiger partial charge is 0.260 e. The van der Waals surface area contributed by atoms with Crippen molar-refractivity contribution in [3.05, 3.63) is 88.2 Å². The highest BCUT2D eigenvalue weighted by molar-refractivity contribution is 5.44. The molecule has 1 fully saturated rings. The van der Waals surface area contributed by atoms with Crippen molar-refractivity contribution in [3.63, 3.8) is 0 Å². The van der Waals surface area contributed by atoms with Crippen molar-refractivity contribution in [2.75, 3.05) is 20.0 Å². The van der Waals surface area contributed by atoms with Crippen LogP contribution in [-0.2, 0) is 18.4 Å². The van der Waals surface area contributed by atoms with Gasteiger partial charge < -0.3 is 15.2 Å². The van der Waals surface area contributed by atoms with Gasteiger partial charge in [0.05, 0.1) is 26.0 Å². The first-order chi connectivity index (χ1) is 17.3. The number of alkyl halides is 2. The molecule has 1 unspecified atom stereocenters. The molecule has 1 saturated carbocycles. The van der Waals surface area contributed by atoms with Gasteiger partial charge in [0.2, 0.25) is 5.95 Å². The maximum absolute atomic E-state index is 14.5. The van der Waals surface area contributed by atoms with E-state index in [1.165, 1.54) is 21.6 Å². The molecule has 2 N–H and O–H groups in total. The molecular formula is C25H24F2N6O3. The first-order valence-corrected chi connectivity index (χ1v) is 11.2. The first kappa shape index (κ1) is 23.5. The quantitative estimate of drug-likeness (QED) is 0.401. The van der Waals surface area contributed by atoms with Gasteiger partial charge in [0.1, 0.15) is 5.82 Å². The molecule has 2 heterocycles. The molecule has 1 aliphatic carbocycles. The Morgan fingerprint density at radius 1 is 1.06 bits per heavy atom. The van der Waals surface area contributed by atoms with Gasteiger partial charge in [-0.2, -0.15) is 9.67 Å². The molecule has 0 bridgehead atoms. The second-order valence-corrected chi connectivity index (χ2v) is 8.71. The number of hydrogen-bond acceptors (Lipinski definition) is 7. The van der Waals surface area contributed by atoms with Crippen LogP contribution in [0.15, 0.2) is 65.7 Å². The Morgan fingerprint density at radius 3 is 2.42 bits per heavy atom. The Morgan fingerprint density at radius 2 is 1.78 bits per heavy atom. The third-order valence-electron chi connectivity index (χ3n) is 6.45. The lowest BCUT2D eigenvalue weighted by Gasteiger charge is -2.18. The molecule has 186 valence electrons. The van der Waals surface area contributed by atoms with Gasteiger partial charge in [-0.05, 0) is 23.3 Å². The molecular weight excluding hydrogens is 470 g/mol. The average molecular weight is 495 g/mol. The highest BCUT2D eigenvalue weighted by Gasteiger charge is 2.71. The lowest BCUT2D eigenvalue weighted by atomic mass is 9.95. The van der Waals surface area contributed by atoms with Crippen LogP contribution >= 0.6 is 0 Å². The number of aromatic nitrogens is 5. The average Bonchev–Trinajstić information content (AvgIpc) is 3.24. The van der Waals surface area contributed by atoms with Crippen molar-refractivity contribution >= 4 is 5.95 Å². The van der Waals surface area contributed by atoms with E-state index >= 15 is 0 Å². The SMILES string of the molecule is COc1ccc(Cc2nc(N)nn2-c2cc(=O)n(CC3(c4ccccc4)CC3(F)F)cn2)cc1OC. The number of anilines is 1. The zero-order valence-electron chi connectivity index (χ0n) is 19.7. The normalized spacial score (nSPS) is 18.1. The van der Waals surface area contributed by atoms with E-state index in [1.54, 1.807) is 56.7 Å². The first-order valence-electron chi connectivity index (χ1n) is 11.2. The molecule has 1 atom stereocenters. The molecule has 0 amide bonds. The van der Waals surface area contributed by atoms with Crippen molar-refractivity contribution in [1.29, 1.82) is 0 Å². The van der Waals surface area contributed by atoms with Crippen LogP contribution in [0.3, 0.4) is 0 Å². The number of methoxy groups -OCH3 is 2. The largest absolute Gasteiger partial charge is 0.493 e. The van der Waals surface area contributed by atoms with Crippen molar-refractivity contribution in [2.45, 2.75) is 30.7 Å². The predicted molar refractivity (Wildman–Crippen MR) is 128 cm³/mol. The van der Waals surface area contributed by atoms with Gasteiger partial charge in [-0.25, -0.2) is 13.8 Å². The van der Waals surface area contributed by atoms with Crippen molar-refractivity contribution in [3.8, 4) is 17.3 Å². The molecule has 1 aliphatic rings. The standard InChI is InChI=1S/C25H24F2N6O3/c1-35-18-9-8-16(10-19(18)36-2)11-21-30-23(28)31-33(21)20-12-22(34)32(15-29-20)14-24(13-25(24,26)27)17-6-4-3-5-7-17/h3-10,12,15H,11,13-14H2,1-2H3,(H2,28,31). The minimum absolute atomic E-state index is 0.0112. The topological polar surface area (TPSA) is 110 Å². The maximum Gasteiger partial charge on any atom is 0.260 e. The summed E-state index contributed by atoms with van der Waals surface area (Å²) in [5.74, 6) is -1.12. The highest BCUT2D eigenvalue weighted by atomic mass is 19.3. The monoisotopic (exact) mass is 494 g/mol. The molecule has 4 aromatic rings. The summed E-state index contributed by atoms with van der Waals surface area (Å²) in [5, 5.41) is 4.18. The van der Waals surface area contributed by atoms with E-state index in [0.717, 1.165) is 5.56 Å². The Labute approximate surface area is 205 Å². The van der Waals surface area contributed by atoms with Crippen LogP contribution in [0.5, 0.6) is 11.5 Å². The summed E-state index contributed by atoms with van der Waals surface area (Å²) >= 11 is 0. The molecule has 5 rings (SSSR count). The summed E-state index contributed by atoms with van der Waals surface area (Å²) in [5.41, 5.74) is 5.26. The number of hydrogen-bond donors (Lipinski definition) is 1. The third kappa shape index (κ3) is 4.06. The summed E-state index contributed by atoms with van der Waals surface area (Å²) in [6, 6.07) is 15.2. The van der Waals surface area contributed by atoms with Crippen LogP contribution in [0.25, 0.3) is 5.82 Å². The van der Waals surface area contributed by atoms with Crippen LogP contribution in [0, 0.1) is 0 Å². The second-order valence-electron chi connectivity index (χ2n) is 8.71. The molecule has 2 aromatic heterocycles. The molecule has 11 heteroatoms. The Hall–Kier alpha value is -4.28. The summed E-state index contributed by atoms with van der Waals surface area (Å²) in [6.45, 7) is -0.186. The summed E-state index contributed by atoms with van der Waals surface area (Å²) in [6.07, 6.45) is 1.25. The Kier molecular flexibility index (Phi) is 5.70. The van der Waals surface area contributed by atoms with E-state index < -0.39 is 16.9 Å². The number of benzene rings is 2. The Balaban J connectivity index is 1.44. The van der Waals surface area contributed by atoms with Crippen molar-refractivity contribution < 1.29 is 18.3 Å². The van der Waals surface area contributed by atoms with E-state index in [4.69, 9.17) is 15.2 Å². The van der Waals surface area contributed by atoms with Gasteiger partial charge in [0.25, 0.3) is 11.5 Å². The van der Waals surface area contributed by atoms with Gasteiger partial charge >= 0.3 is 0 Å². The fourth-order valence-electron chi connectivity index (χ4n) is 4.44. The maximum atomic E-state index is 14.5. The molecule has 0 aliphatic heterocycles. The number of nitrogen functional groups attached to an aromatic ring is 1. The number of nitrogens with zero attached hydrogens (tertiary/aromatic N) is 5. The van der Waals surface area contributed by atoms with E-state index in [0.29, 0.717) is 29.3 Å². The van der Waals surface area contributed by atoms with Gasteiger partial charge in [0.15, 0.2) is 17.3 Å². The Bertz CT molecular complexity index is 1470. The minimum atomic E-state index is -2.90. The van der Waals surface area contributed by atoms with E-state index in [1.807, 2.05) is 6.07 Å². The molecule has 36 heavy (non-hydrogen) atoms. The molecule has 0 saturated heterocycles. The van der Waals surface area contributed by atoms with Gasteiger partial charge in [0, 0.05) is 25.5 Å². The van der Waals surface area contributed by atoms with Gasteiger partial charge in [-0.15, -0.1) is 5.10 Å². The van der Waals surface area contributed by atoms with Gasteiger partial charge in [-0.1, -0.05) is 36.4 Å². The van der Waals surface area contributed by atoms with Crippen LogP contribution in [0.1, 0.15) is 23.4 Å². The molecule has 0 spiro atoms. The zero-order chi connectivity index (χ0) is 25.5. The minimum Gasteiger partial charge on any atom is -0.493 e. The van der Waals surface area contributed by atoms with Crippen LogP contribution in [-0.4, -0.2) is 44.5 Å². The third-order valence-corrected chi connectivity index (χ3v) is 6.45. The molecule has 0 radical (unpaired) electrons. The summed E-state index contributed by atoms with van der Waals surface area (Å²) < 4.78 is 42.1. The number of ether oxygens (including phenoxy) is 2. The van der Waals surface area contributed by atoms with Crippen LogP contribution in [0.4, 0.5) is 14.7 Å². The highest BCUT2D eigenvalue weighted by Crippen LogP contribution is 2.62. The van der Waals surface area contributed by atoms with Crippen LogP contribution < -0.4 is 20.8 Å². The fourth-order valence-corrected chi connectivity index (χ4v) is 4.44. The number of halogens is 2. The van der Waals surface area contributed by atoms with E-state index in [2.05, 4.69) is 15.1 Å². The van der Waals surface area contributed by atoms with E-state index in [-0.39, 0.29) is 24.7 Å².